The smallest absolute Gasteiger partial charge is 0.242 e. The quantitative estimate of drug-likeness (QED) is 0.776. The molecule has 0 saturated carbocycles. The van der Waals surface area contributed by atoms with Gasteiger partial charge in [-0.2, -0.15) is 0 Å². The van der Waals surface area contributed by atoms with E-state index in [2.05, 4.69) is 15.9 Å². The van der Waals surface area contributed by atoms with E-state index in [1.807, 2.05) is 0 Å². The van der Waals surface area contributed by atoms with Gasteiger partial charge in [0.25, 0.3) is 0 Å². The first-order valence-electron chi connectivity index (χ1n) is 5.08. The van der Waals surface area contributed by atoms with Gasteiger partial charge in [0.2, 0.25) is 10.0 Å². The summed E-state index contributed by atoms with van der Waals surface area (Å²) in [5.74, 6) is 0.0220. The van der Waals surface area contributed by atoms with Crippen LogP contribution in [0.15, 0.2) is 23.1 Å². The lowest BCUT2D eigenvalue weighted by molar-refractivity contribution is 0.100. The zero-order chi connectivity index (χ0) is 12.8. The molecule has 1 aliphatic carbocycles. The van der Waals surface area contributed by atoms with Crippen molar-refractivity contribution in [3.05, 3.63) is 29.3 Å². The van der Waals surface area contributed by atoms with E-state index in [4.69, 9.17) is 0 Å². The molecule has 1 atom stereocenters. The van der Waals surface area contributed by atoms with Gasteiger partial charge in [-0.25, -0.2) is 12.7 Å². The van der Waals surface area contributed by atoms with E-state index in [0.717, 1.165) is 9.87 Å². The van der Waals surface area contributed by atoms with Gasteiger partial charge in [0, 0.05) is 19.7 Å². The third-order valence-electron chi connectivity index (χ3n) is 2.80. The molecular weight excluding hydrogens is 306 g/mol. The van der Waals surface area contributed by atoms with Crippen LogP contribution in [-0.2, 0) is 16.4 Å². The molecule has 17 heavy (non-hydrogen) atoms. The molecule has 0 radical (unpaired) electrons. The first-order chi connectivity index (χ1) is 7.84. The molecular formula is C11H12BrNO3S. The van der Waals surface area contributed by atoms with Crippen LogP contribution >= 0.6 is 15.9 Å². The third-order valence-corrected chi connectivity index (χ3v) is 5.36. The summed E-state index contributed by atoms with van der Waals surface area (Å²) >= 11 is 3.28. The molecule has 4 nitrogen and oxygen atoms in total. The summed E-state index contributed by atoms with van der Waals surface area (Å²) in [6.07, 6.45) is 0.547. The summed E-state index contributed by atoms with van der Waals surface area (Å²) in [6, 6.07) is 4.66. The fourth-order valence-electron chi connectivity index (χ4n) is 1.81. The maximum Gasteiger partial charge on any atom is 0.242 e. The molecule has 2 rings (SSSR count). The average Bonchev–Trinajstić information content (AvgIpc) is 2.54. The van der Waals surface area contributed by atoms with Crippen molar-refractivity contribution in [2.24, 2.45) is 0 Å². The lowest BCUT2D eigenvalue weighted by atomic mass is 10.1. The normalized spacial score (nSPS) is 19.8. The Hall–Kier alpha value is -0.720. The maximum atomic E-state index is 11.9. The average molecular weight is 318 g/mol. The Balaban J connectivity index is 2.51. The summed E-state index contributed by atoms with van der Waals surface area (Å²) in [4.78, 5) is 11.7. The highest BCUT2D eigenvalue weighted by molar-refractivity contribution is 9.10. The van der Waals surface area contributed by atoms with Crippen molar-refractivity contribution >= 4 is 31.7 Å². The van der Waals surface area contributed by atoms with Crippen LogP contribution in [0.5, 0.6) is 0 Å². The monoisotopic (exact) mass is 317 g/mol. The van der Waals surface area contributed by atoms with Crippen LogP contribution in [0.2, 0.25) is 0 Å². The minimum absolute atomic E-state index is 0.0220. The zero-order valence-electron chi connectivity index (χ0n) is 9.47. The number of ketones is 1. The molecule has 0 aromatic heterocycles. The van der Waals surface area contributed by atoms with E-state index in [9.17, 15) is 13.2 Å². The summed E-state index contributed by atoms with van der Waals surface area (Å²) in [5.41, 5.74) is 1.41. The number of alkyl halides is 1. The molecule has 0 spiro atoms. The zero-order valence-corrected chi connectivity index (χ0v) is 11.9. The van der Waals surface area contributed by atoms with Crippen molar-refractivity contribution in [2.75, 3.05) is 14.1 Å². The van der Waals surface area contributed by atoms with E-state index in [-0.39, 0.29) is 15.5 Å². The highest BCUT2D eigenvalue weighted by atomic mass is 79.9. The van der Waals surface area contributed by atoms with Crippen LogP contribution in [0, 0.1) is 0 Å². The van der Waals surface area contributed by atoms with Crippen LogP contribution in [0.25, 0.3) is 0 Å². The number of hydrogen-bond acceptors (Lipinski definition) is 3. The molecule has 1 aliphatic rings. The van der Waals surface area contributed by atoms with Gasteiger partial charge >= 0.3 is 0 Å². The van der Waals surface area contributed by atoms with Crippen molar-refractivity contribution in [2.45, 2.75) is 16.1 Å². The Labute approximate surface area is 109 Å². The fourth-order valence-corrected chi connectivity index (χ4v) is 3.35. The van der Waals surface area contributed by atoms with E-state index in [1.165, 1.54) is 20.2 Å². The molecule has 0 fully saturated rings. The van der Waals surface area contributed by atoms with Gasteiger partial charge < -0.3 is 0 Å². The number of sulfonamides is 1. The number of Topliss-reactive ketones (excluding diaryl/α,β-unsaturated/α-hetero) is 1. The molecule has 92 valence electrons. The number of carbonyl (C=O) groups is 1. The Morgan fingerprint density at radius 1 is 1.35 bits per heavy atom. The molecule has 0 amide bonds. The van der Waals surface area contributed by atoms with Gasteiger partial charge in [-0.3, -0.25) is 4.79 Å². The number of carbonyl (C=O) groups excluding carboxylic acids is 1. The van der Waals surface area contributed by atoms with Crippen molar-refractivity contribution < 1.29 is 13.2 Å². The summed E-state index contributed by atoms with van der Waals surface area (Å²) < 4.78 is 25.0. The van der Waals surface area contributed by atoms with Crippen LogP contribution in [0.3, 0.4) is 0 Å². The van der Waals surface area contributed by atoms with Gasteiger partial charge in [-0.05, 0) is 30.2 Å². The first-order valence-corrected chi connectivity index (χ1v) is 7.43. The summed E-state index contributed by atoms with van der Waals surface area (Å²) in [7, 11) is -0.452. The Kier molecular flexibility index (Phi) is 3.14. The van der Waals surface area contributed by atoms with Crippen molar-refractivity contribution in [1.82, 2.24) is 4.31 Å². The van der Waals surface area contributed by atoms with Gasteiger partial charge in [0.15, 0.2) is 5.78 Å². The van der Waals surface area contributed by atoms with Crippen LogP contribution in [0.4, 0.5) is 0 Å². The molecule has 1 aromatic rings. The standard InChI is InChI=1S/C11H12BrNO3S/c1-13(2)17(15,16)8-3-4-9-7(5-8)6-10(12)11(9)14/h3-5,10H,6H2,1-2H3. The van der Waals surface area contributed by atoms with Gasteiger partial charge in [0.05, 0.1) is 9.72 Å². The molecule has 0 bridgehead atoms. The van der Waals surface area contributed by atoms with Crippen molar-refractivity contribution in [3.63, 3.8) is 0 Å². The van der Waals surface area contributed by atoms with E-state index in [0.29, 0.717) is 12.0 Å². The molecule has 0 saturated heterocycles. The predicted molar refractivity (Wildman–Crippen MR) is 68.1 cm³/mol. The molecule has 6 heteroatoms. The molecule has 1 aromatic carbocycles. The Bertz CT molecular complexity index is 580. The lowest BCUT2D eigenvalue weighted by Gasteiger charge is -2.11. The van der Waals surface area contributed by atoms with Gasteiger partial charge in [0.1, 0.15) is 0 Å². The van der Waals surface area contributed by atoms with E-state index < -0.39 is 10.0 Å². The fraction of sp³-hybridized carbons (Fsp3) is 0.364. The Morgan fingerprint density at radius 2 is 2.00 bits per heavy atom. The van der Waals surface area contributed by atoms with Crippen molar-refractivity contribution in [1.29, 1.82) is 0 Å². The van der Waals surface area contributed by atoms with Crippen LogP contribution in [0.1, 0.15) is 15.9 Å². The number of fused-ring (bicyclic) bond motifs is 1. The largest absolute Gasteiger partial charge is 0.293 e. The predicted octanol–water partition coefficient (Wildman–Crippen LogP) is 1.44. The maximum absolute atomic E-state index is 11.9. The third kappa shape index (κ3) is 2.05. The number of halogens is 1. The topological polar surface area (TPSA) is 54.5 Å². The molecule has 0 N–H and O–H groups in total. The minimum atomic E-state index is -3.43. The Morgan fingerprint density at radius 3 is 2.59 bits per heavy atom. The highest BCUT2D eigenvalue weighted by Crippen LogP contribution is 2.29. The second-order valence-electron chi connectivity index (χ2n) is 4.14. The molecule has 0 heterocycles. The summed E-state index contributed by atoms with van der Waals surface area (Å²) in [6.45, 7) is 0. The summed E-state index contributed by atoms with van der Waals surface area (Å²) in [5, 5.41) is 0. The second-order valence-corrected chi connectivity index (χ2v) is 7.40. The lowest BCUT2D eigenvalue weighted by Crippen LogP contribution is -2.22. The second kappa shape index (κ2) is 4.19. The van der Waals surface area contributed by atoms with E-state index >= 15 is 0 Å². The van der Waals surface area contributed by atoms with Crippen LogP contribution < -0.4 is 0 Å². The van der Waals surface area contributed by atoms with Gasteiger partial charge in [-0.15, -0.1) is 0 Å². The minimum Gasteiger partial charge on any atom is -0.293 e. The van der Waals surface area contributed by atoms with Crippen LogP contribution in [-0.4, -0.2) is 37.4 Å². The molecule has 1 unspecified atom stereocenters. The number of hydrogen-bond donors (Lipinski definition) is 0. The SMILES string of the molecule is CN(C)S(=O)(=O)c1ccc2c(c1)CC(Br)C2=O. The number of benzene rings is 1. The number of rotatable bonds is 2. The number of nitrogens with zero attached hydrogens (tertiary/aromatic N) is 1. The van der Waals surface area contributed by atoms with Gasteiger partial charge in [-0.1, -0.05) is 15.9 Å². The molecule has 0 aliphatic heterocycles. The van der Waals surface area contributed by atoms with Crippen molar-refractivity contribution in [3.8, 4) is 0 Å². The van der Waals surface area contributed by atoms with E-state index in [1.54, 1.807) is 12.1 Å². The first kappa shape index (κ1) is 12.7. The highest BCUT2D eigenvalue weighted by Gasteiger charge is 2.30.